The second-order valence-electron chi connectivity index (χ2n) is 5.30. The van der Waals surface area contributed by atoms with Crippen LogP contribution in [0, 0.1) is 11.8 Å². The molecule has 0 aliphatic carbocycles. The molecule has 2 heterocycles. The molecule has 21 heavy (non-hydrogen) atoms. The van der Waals surface area contributed by atoms with Gasteiger partial charge in [0.05, 0.1) is 18.0 Å². The second kappa shape index (κ2) is 8.18. The zero-order valence-electron chi connectivity index (χ0n) is 12.5. The summed E-state index contributed by atoms with van der Waals surface area (Å²) in [4.78, 5) is 18.3. The van der Waals surface area contributed by atoms with Gasteiger partial charge in [-0.15, -0.1) is 11.3 Å². The number of likely N-dealkylation sites (N-methyl/N-ethyl adjacent to an activating group) is 1. The Kier molecular flexibility index (Phi) is 6.24. The summed E-state index contributed by atoms with van der Waals surface area (Å²) >= 11 is 1.65. The van der Waals surface area contributed by atoms with Crippen molar-refractivity contribution in [3.63, 3.8) is 0 Å². The lowest BCUT2D eigenvalue weighted by atomic mass is 10.3. The van der Waals surface area contributed by atoms with E-state index in [4.69, 9.17) is 5.11 Å². The van der Waals surface area contributed by atoms with Crippen molar-refractivity contribution in [1.82, 2.24) is 9.80 Å². The lowest BCUT2D eigenvalue weighted by Gasteiger charge is -2.20. The summed E-state index contributed by atoms with van der Waals surface area (Å²) < 4.78 is 0. The van der Waals surface area contributed by atoms with Gasteiger partial charge in [0.1, 0.15) is 0 Å². The van der Waals surface area contributed by atoms with Gasteiger partial charge in [0.15, 0.2) is 0 Å². The summed E-state index contributed by atoms with van der Waals surface area (Å²) in [6, 6.07) is 4.06. The van der Waals surface area contributed by atoms with E-state index in [1.165, 1.54) is 4.88 Å². The number of carbonyl (C=O) groups is 1. The van der Waals surface area contributed by atoms with Crippen LogP contribution in [0.15, 0.2) is 12.1 Å². The van der Waals surface area contributed by atoms with Gasteiger partial charge < -0.3 is 10.0 Å². The maximum Gasteiger partial charge on any atom is 0.236 e. The number of amides is 1. The van der Waals surface area contributed by atoms with Crippen molar-refractivity contribution < 1.29 is 9.90 Å². The highest BCUT2D eigenvalue weighted by Crippen LogP contribution is 2.17. The van der Waals surface area contributed by atoms with Crippen molar-refractivity contribution in [2.75, 3.05) is 33.3 Å². The SMILES string of the molecule is CN(CC(=O)N1CCCC1)Cc1ccc(C#CCCO)s1. The Morgan fingerprint density at radius 1 is 1.43 bits per heavy atom. The molecule has 1 fully saturated rings. The van der Waals surface area contributed by atoms with Gasteiger partial charge in [-0.2, -0.15) is 0 Å². The van der Waals surface area contributed by atoms with E-state index in [1.807, 2.05) is 18.0 Å². The number of thiophene rings is 1. The third kappa shape index (κ3) is 5.16. The number of nitrogens with zero attached hydrogens (tertiary/aromatic N) is 2. The molecule has 0 aromatic carbocycles. The number of aliphatic hydroxyl groups excluding tert-OH is 1. The molecule has 5 heteroatoms. The van der Waals surface area contributed by atoms with Gasteiger partial charge in [0, 0.05) is 30.9 Å². The highest BCUT2D eigenvalue weighted by molar-refractivity contribution is 7.12. The van der Waals surface area contributed by atoms with Crippen LogP contribution in [0.3, 0.4) is 0 Å². The van der Waals surface area contributed by atoms with E-state index >= 15 is 0 Å². The molecular weight excluding hydrogens is 284 g/mol. The molecule has 0 unspecified atom stereocenters. The minimum Gasteiger partial charge on any atom is -0.395 e. The standard InChI is InChI=1S/C16H22N2O2S/c1-17(13-16(20)18-9-3-4-10-18)12-15-8-7-14(21-15)6-2-5-11-19/h7-8,19H,3-5,9-13H2,1H3. The van der Waals surface area contributed by atoms with Gasteiger partial charge in [-0.3, -0.25) is 9.69 Å². The summed E-state index contributed by atoms with van der Waals surface area (Å²) in [5.74, 6) is 6.19. The molecule has 0 bridgehead atoms. The van der Waals surface area contributed by atoms with Crippen molar-refractivity contribution in [3.8, 4) is 11.8 Å². The maximum absolute atomic E-state index is 12.1. The summed E-state index contributed by atoms with van der Waals surface area (Å²) in [5.41, 5.74) is 0. The zero-order chi connectivity index (χ0) is 15.1. The lowest BCUT2D eigenvalue weighted by Crippen LogP contribution is -2.36. The van der Waals surface area contributed by atoms with Crippen LogP contribution in [0.4, 0.5) is 0 Å². The fourth-order valence-electron chi connectivity index (χ4n) is 2.35. The lowest BCUT2D eigenvalue weighted by molar-refractivity contribution is -0.131. The van der Waals surface area contributed by atoms with Crippen LogP contribution in [0.1, 0.15) is 29.0 Å². The average molecular weight is 306 g/mol. The van der Waals surface area contributed by atoms with Crippen molar-refractivity contribution in [1.29, 1.82) is 0 Å². The third-order valence-electron chi connectivity index (χ3n) is 3.40. The summed E-state index contributed by atoms with van der Waals surface area (Å²) in [5, 5.41) is 8.70. The van der Waals surface area contributed by atoms with Crippen LogP contribution in [0.25, 0.3) is 0 Å². The molecule has 1 N–H and O–H groups in total. The third-order valence-corrected chi connectivity index (χ3v) is 4.39. The minimum atomic E-state index is 0.104. The van der Waals surface area contributed by atoms with Crippen LogP contribution in [-0.2, 0) is 11.3 Å². The van der Waals surface area contributed by atoms with Gasteiger partial charge in [-0.25, -0.2) is 0 Å². The fourth-order valence-corrected chi connectivity index (χ4v) is 3.32. The number of aliphatic hydroxyl groups is 1. The van der Waals surface area contributed by atoms with Gasteiger partial charge in [-0.1, -0.05) is 11.8 Å². The topological polar surface area (TPSA) is 43.8 Å². The second-order valence-corrected chi connectivity index (χ2v) is 6.47. The molecule has 0 radical (unpaired) electrons. The molecule has 0 spiro atoms. The van der Waals surface area contributed by atoms with Crippen molar-refractivity contribution >= 4 is 17.2 Å². The van der Waals surface area contributed by atoms with Gasteiger partial charge >= 0.3 is 0 Å². The summed E-state index contributed by atoms with van der Waals surface area (Å²) in [7, 11) is 1.98. The van der Waals surface area contributed by atoms with E-state index < -0.39 is 0 Å². The van der Waals surface area contributed by atoms with E-state index in [-0.39, 0.29) is 12.5 Å². The zero-order valence-corrected chi connectivity index (χ0v) is 13.3. The van der Waals surface area contributed by atoms with Gasteiger partial charge in [0.2, 0.25) is 5.91 Å². The molecule has 1 aliphatic rings. The fraction of sp³-hybridized carbons (Fsp3) is 0.562. The van der Waals surface area contributed by atoms with Crippen LogP contribution in [0.5, 0.6) is 0 Å². The molecule has 1 aromatic heterocycles. The molecular formula is C16H22N2O2S. The Hall–Kier alpha value is -1.35. The van der Waals surface area contributed by atoms with E-state index in [0.717, 1.165) is 37.4 Å². The van der Waals surface area contributed by atoms with Crippen molar-refractivity contribution in [2.24, 2.45) is 0 Å². The number of hydrogen-bond acceptors (Lipinski definition) is 4. The molecule has 4 nitrogen and oxygen atoms in total. The van der Waals surface area contributed by atoms with Crippen molar-refractivity contribution in [2.45, 2.75) is 25.8 Å². The average Bonchev–Trinajstić information content (AvgIpc) is 3.10. The molecule has 1 amide bonds. The Morgan fingerprint density at radius 2 is 2.19 bits per heavy atom. The molecule has 1 aliphatic heterocycles. The first-order chi connectivity index (χ1) is 10.2. The first-order valence-corrected chi connectivity index (χ1v) is 8.15. The molecule has 2 rings (SSSR count). The largest absolute Gasteiger partial charge is 0.395 e. The quantitative estimate of drug-likeness (QED) is 0.839. The number of carbonyl (C=O) groups excluding carboxylic acids is 1. The molecule has 114 valence electrons. The van der Waals surface area contributed by atoms with E-state index in [1.54, 1.807) is 11.3 Å². The Labute approximate surface area is 130 Å². The molecule has 0 atom stereocenters. The highest BCUT2D eigenvalue weighted by Gasteiger charge is 2.19. The van der Waals surface area contributed by atoms with E-state index in [2.05, 4.69) is 22.8 Å². The molecule has 1 saturated heterocycles. The number of hydrogen-bond donors (Lipinski definition) is 1. The first kappa shape index (κ1) is 16.0. The number of likely N-dealkylation sites (tertiary alicyclic amines) is 1. The van der Waals surface area contributed by atoms with Crippen molar-refractivity contribution in [3.05, 3.63) is 21.9 Å². The van der Waals surface area contributed by atoms with Crippen LogP contribution >= 0.6 is 11.3 Å². The molecule has 0 saturated carbocycles. The van der Waals surface area contributed by atoms with Crippen LogP contribution < -0.4 is 0 Å². The maximum atomic E-state index is 12.1. The van der Waals surface area contributed by atoms with Crippen LogP contribution in [0.2, 0.25) is 0 Å². The highest BCUT2D eigenvalue weighted by atomic mass is 32.1. The van der Waals surface area contributed by atoms with E-state index in [9.17, 15) is 4.79 Å². The van der Waals surface area contributed by atoms with E-state index in [0.29, 0.717) is 13.0 Å². The monoisotopic (exact) mass is 306 g/mol. The predicted molar refractivity (Wildman–Crippen MR) is 85.0 cm³/mol. The first-order valence-electron chi connectivity index (χ1n) is 7.34. The van der Waals surface area contributed by atoms with Gasteiger partial charge in [0.25, 0.3) is 0 Å². The normalized spacial score (nSPS) is 14.3. The predicted octanol–water partition coefficient (Wildman–Crippen LogP) is 1.54. The summed E-state index contributed by atoms with van der Waals surface area (Å²) in [6.45, 7) is 3.18. The molecule has 1 aromatic rings. The Balaban J connectivity index is 1.81. The Bertz CT molecular complexity index is 524. The smallest absolute Gasteiger partial charge is 0.236 e. The summed E-state index contributed by atoms with van der Waals surface area (Å²) in [6.07, 6.45) is 2.78. The minimum absolute atomic E-state index is 0.104. The van der Waals surface area contributed by atoms with Crippen LogP contribution in [-0.4, -0.2) is 54.1 Å². The Morgan fingerprint density at radius 3 is 2.90 bits per heavy atom. The number of rotatable bonds is 5. The van der Waals surface area contributed by atoms with Gasteiger partial charge in [-0.05, 0) is 32.0 Å².